The lowest BCUT2D eigenvalue weighted by molar-refractivity contribution is -0.142. The first kappa shape index (κ1) is 22.3. The molecule has 1 heterocycles. The van der Waals surface area contributed by atoms with Crippen LogP contribution in [0.3, 0.4) is 0 Å². The fraction of sp³-hybridized carbons (Fsp3) is 0.407. The van der Waals surface area contributed by atoms with Crippen LogP contribution in [0.25, 0.3) is 10.8 Å². The monoisotopic (exact) mass is 434 g/mol. The van der Waals surface area contributed by atoms with Gasteiger partial charge < -0.3 is 14.6 Å². The van der Waals surface area contributed by atoms with Gasteiger partial charge in [-0.1, -0.05) is 48.6 Å². The van der Waals surface area contributed by atoms with Crippen molar-refractivity contribution in [2.75, 3.05) is 0 Å². The summed E-state index contributed by atoms with van der Waals surface area (Å²) in [7, 11) is 0. The molecule has 1 N–H and O–H groups in total. The molecule has 5 heteroatoms. The number of aliphatic hydroxyl groups is 1. The highest BCUT2D eigenvalue weighted by molar-refractivity contribution is 6.04. The molecule has 0 saturated heterocycles. The van der Waals surface area contributed by atoms with Gasteiger partial charge in [-0.25, -0.2) is 9.59 Å². The molecule has 2 aromatic rings. The summed E-state index contributed by atoms with van der Waals surface area (Å²) in [6.45, 7) is 1.88. The van der Waals surface area contributed by atoms with Crippen LogP contribution in [0.4, 0.5) is 0 Å². The summed E-state index contributed by atoms with van der Waals surface area (Å²) in [5.41, 5.74) is 0.554. The van der Waals surface area contributed by atoms with Gasteiger partial charge in [0, 0.05) is 6.08 Å². The zero-order chi connectivity index (χ0) is 22.5. The number of cyclic esters (lactones) is 1. The highest BCUT2D eigenvalue weighted by Gasteiger charge is 2.38. The molecule has 0 amide bonds. The quantitative estimate of drug-likeness (QED) is 0.533. The molecule has 4 rings (SSSR count). The van der Waals surface area contributed by atoms with Crippen LogP contribution >= 0.6 is 0 Å². The van der Waals surface area contributed by atoms with E-state index in [0.29, 0.717) is 18.4 Å². The molecule has 1 saturated carbocycles. The lowest BCUT2D eigenvalue weighted by atomic mass is 9.90. The molecule has 32 heavy (non-hydrogen) atoms. The number of carbonyl (C=O) groups is 2. The molecule has 0 spiro atoms. The van der Waals surface area contributed by atoms with Gasteiger partial charge in [-0.05, 0) is 73.8 Å². The maximum atomic E-state index is 13.0. The van der Waals surface area contributed by atoms with E-state index in [1.807, 2.05) is 43.3 Å². The fourth-order valence-electron chi connectivity index (χ4n) is 4.79. The molecule has 5 nitrogen and oxygen atoms in total. The van der Waals surface area contributed by atoms with E-state index >= 15 is 0 Å². The topological polar surface area (TPSA) is 72.8 Å². The predicted molar refractivity (Wildman–Crippen MR) is 123 cm³/mol. The third-order valence-corrected chi connectivity index (χ3v) is 6.45. The molecule has 0 radical (unpaired) electrons. The number of hydrogen-bond donors (Lipinski definition) is 1. The van der Waals surface area contributed by atoms with E-state index in [0.717, 1.165) is 30.0 Å². The van der Waals surface area contributed by atoms with Crippen molar-refractivity contribution >= 4 is 22.7 Å². The summed E-state index contributed by atoms with van der Waals surface area (Å²) in [5, 5.41) is 12.6. The summed E-state index contributed by atoms with van der Waals surface area (Å²) < 4.78 is 11.2. The van der Waals surface area contributed by atoms with Gasteiger partial charge in [0.05, 0.1) is 17.8 Å². The molecule has 5 atom stereocenters. The Kier molecular flexibility index (Phi) is 7.05. The molecule has 1 aliphatic carbocycles. The minimum atomic E-state index is -0.811. The Hall–Kier alpha value is -2.92. The Morgan fingerprint density at radius 1 is 1.09 bits per heavy atom. The highest BCUT2D eigenvalue weighted by atomic mass is 16.5. The van der Waals surface area contributed by atoms with Crippen molar-refractivity contribution in [3.8, 4) is 0 Å². The zero-order valence-corrected chi connectivity index (χ0v) is 18.4. The summed E-state index contributed by atoms with van der Waals surface area (Å²) in [6, 6.07) is 13.4. The van der Waals surface area contributed by atoms with E-state index in [1.165, 1.54) is 12.2 Å². The molecule has 168 valence electrons. The number of aliphatic hydroxyl groups excluding tert-OH is 1. The number of allylic oxidation sites excluding steroid dienone is 2. The van der Waals surface area contributed by atoms with Crippen LogP contribution < -0.4 is 0 Å². The average molecular weight is 435 g/mol. The fourth-order valence-corrected chi connectivity index (χ4v) is 4.79. The van der Waals surface area contributed by atoms with Gasteiger partial charge >= 0.3 is 11.9 Å². The third kappa shape index (κ3) is 5.28. The van der Waals surface area contributed by atoms with Crippen LogP contribution in [-0.2, 0) is 14.3 Å². The van der Waals surface area contributed by atoms with E-state index in [-0.39, 0.29) is 30.0 Å². The van der Waals surface area contributed by atoms with Gasteiger partial charge in [-0.2, -0.15) is 0 Å². The van der Waals surface area contributed by atoms with Gasteiger partial charge in [0.15, 0.2) is 0 Å². The Morgan fingerprint density at radius 3 is 2.78 bits per heavy atom. The molecule has 1 aliphatic heterocycles. The number of benzene rings is 2. The summed E-state index contributed by atoms with van der Waals surface area (Å²) >= 11 is 0. The Balaban J connectivity index is 1.49. The Morgan fingerprint density at radius 2 is 1.91 bits per heavy atom. The minimum absolute atomic E-state index is 0.0779. The minimum Gasteiger partial charge on any atom is -0.460 e. The first-order valence-corrected chi connectivity index (χ1v) is 11.4. The first-order valence-electron chi connectivity index (χ1n) is 11.4. The lowest BCUT2D eigenvalue weighted by Gasteiger charge is -2.19. The van der Waals surface area contributed by atoms with Crippen molar-refractivity contribution in [2.24, 2.45) is 11.8 Å². The highest BCUT2D eigenvalue weighted by Crippen LogP contribution is 2.38. The first-order chi connectivity index (χ1) is 15.5. The molecule has 0 unspecified atom stereocenters. The predicted octanol–water partition coefficient (Wildman–Crippen LogP) is 4.98. The summed E-state index contributed by atoms with van der Waals surface area (Å²) in [6.07, 6.45) is 9.66. The van der Waals surface area contributed by atoms with Crippen molar-refractivity contribution in [1.82, 2.24) is 0 Å². The van der Waals surface area contributed by atoms with Crippen molar-refractivity contribution in [1.29, 1.82) is 0 Å². The van der Waals surface area contributed by atoms with E-state index in [2.05, 4.69) is 12.2 Å². The van der Waals surface area contributed by atoms with E-state index in [4.69, 9.17) is 9.47 Å². The van der Waals surface area contributed by atoms with Crippen LogP contribution in [0.5, 0.6) is 0 Å². The summed E-state index contributed by atoms with van der Waals surface area (Å²) in [4.78, 5) is 25.0. The average Bonchev–Trinajstić information content (AvgIpc) is 3.18. The van der Waals surface area contributed by atoms with Crippen LogP contribution in [0.15, 0.2) is 66.8 Å². The molecule has 2 aliphatic rings. The number of rotatable bonds is 2. The standard InChI is InChI=1S/C27H30O5/c1-18-8-3-2-4-10-20-16-21(17-24(20)25(28)14-15-26(29)31-18)32-27(30)23-13-7-11-19-9-5-6-12-22(19)23/h4-7,9-15,18,20-21,24-25,28H,2-3,8,16-17H2,1H3/b10-4+,15-14+/t18-,20+,21-,24+,25+/m0/s1. The molecule has 1 fully saturated rings. The Bertz CT molecular complexity index is 1020. The van der Waals surface area contributed by atoms with Crippen LogP contribution in [0.1, 0.15) is 49.4 Å². The van der Waals surface area contributed by atoms with Gasteiger partial charge in [-0.3, -0.25) is 0 Å². The largest absolute Gasteiger partial charge is 0.460 e. The van der Waals surface area contributed by atoms with Crippen LogP contribution in [0, 0.1) is 11.8 Å². The Labute approximate surface area is 188 Å². The molecule has 0 aromatic heterocycles. The van der Waals surface area contributed by atoms with Gasteiger partial charge in [0.2, 0.25) is 0 Å². The number of esters is 2. The maximum absolute atomic E-state index is 13.0. The second-order valence-corrected chi connectivity index (χ2v) is 8.81. The number of fused-ring (bicyclic) bond motifs is 2. The van der Waals surface area contributed by atoms with Crippen LogP contribution in [-0.4, -0.2) is 35.4 Å². The molecule has 0 bridgehead atoms. The second kappa shape index (κ2) is 10.1. The normalized spacial score (nSPS) is 30.8. The second-order valence-electron chi connectivity index (χ2n) is 8.81. The number of carbonyl (C=O) groups excluding carboxylic acids is 2. The van der Waals surface area contributed by atoms with E-state index < -0.39 is 12.1 Å². The van der Waals surface area contributed by atoms with Gasteiger partial charge in [-0.15, -0.1) is 0 Å². The summed E-state index contributed by atoms with van der Waals surface area (Å²) in [5.74, 6) is -0.822. The third-order valence-electron chi connectivity index (χ3n) is 6.45. The molecule has 2 aromatic carbocycles. The lowest BCUT2D eigenvalue weighted by Crippen LogP contribution is -2.22. The smallest absolute Gasteiger partial charge is 0.339 e. The van der Waals surface area contributed by atoms with E-state index in [1.54, 1.807) is 6.07 Å². The molecular formula is C27H30O5. The zero-order valence-electron chi connectivity index (χ0n) is 18.4. The van der Waals surface area contributed by atoms with Crippen LogP contribution in [0.2, 0.25) is 0 Å². The number of ether oxygens (including phenoxy) is 2. The SMILES string of the molecule is C[C@H]1CCC/C=C/[C@@H]2C[C@H](OC(=O)c3cccc4ccccc34)C[C@H]2[C@H](O)/C=C/C(=O)O1. The van der Waals surface area contributed by atoms with Crippen molar-refractivity contribution in [3.63, 3.8) is 0 Å². The van der Waals surface area contributed by atoms with Crippen molar-refractivity contribution in [3.05, 3.63) is 72.3 Å². The number of hydrogen-bond acceptors (Lipinski definition) is 5. The van der Waals surface area contributed by atoms with Gasteiger partial charge in [0.25, 0.3) is 0 Å². The maximum Gasteiger partial charge on any atom is 0.339 e. The van der Waals surface area contributed by atoms with Gasteiger partial charge in [0.1, 0.15) is 6.10 Å². The van der Waals surface area contributed by atoms with E-state index in [9.17, 15) is 14.7 Å². The van der Waals surface area contributed by atoms with Crippen molar-refractivity contribution < 1.29 is 24.2 Å². The molecular weight excluding hydrogens is 404 g/mol. The van der Waals surface area contributed by atoms with Crippen molar-refractivity contribution in [2.45, 2.75) is 57.3 Å².